The Morgan fingerprint density at radius 2 is 2.12 bits per heavy atom. The van der Waals surface area contributed by atoms with Crippen LogP contribution in [0.15, 0.2) is 29.4 Å². The maximum Gasteiger partial charge on any atom is 0.233 e. The predicted molar refractivity (Wildman–Crippen MR) is 95.2 cm³/mol. The number of aromatic nitrogens is 4. The fourth-order valence-electron chi connectivity index (χ4n) is 3.30. The molecule has 1 aromatic carbocycles. The molecule has 1 amide bonds. The summed E-state index contributed by atoms with van der Waals surface area (Å²) in [5.74, 6) is 0.797. The van der Waals surface area contributed by atoms with E-state index in [1.54, 1.807) is 0 Å². The number of carbonyl (C=O) groups excluding carboxylic acids is 1. The van der Waals surface area contributed by atoms with Crippen molar-refractivity contribution in [3.8, 4) is 0 Å². The molecule has 0 spiro atoms. The first-order chi connectivity index (χ1) is 11.7. The minimum absolute atomic E-state index is 0.0903. The number of nitrogens with zero attached hydrogens (tertiary/aromatic N) is 3. The van der Waals surface area contributed by atoms with E-state index in [9.17, 15) is 4.79 Å². The largest absolute Gasteiger partial charge is 0.352 e. The van der Waals surface area contributed by atoms with Gasteiger partial charge in [0.05, 0.1) is 16.3 Å². The van der Waals surface area contributed by atoms with Crippen molar-refractivity contribution < 1.29 is 4.79 Å². The zero-order valence-corrected chi connectivity index (χ0v) is 14.5. The molecule has 7 heteroatoms. The van der Waals surface area contributed by atoms with Gasteiger partial charge in [-0.25, -0.2) is 10.1 Å². The molecule has 24 heavy (non-hydrogen) atoms. The molecule has 0 aliphatic heterocycles. The molecule has 2 N–H and O–H groups in total. The number of fused-ring (bicyclic) bond motifs is 3. The molecule has 1 aliphatic carbocycles. The van der Waals surface area contributed by atoms with E-state index in [0.29, 0.717) is 11.8 Å². The zero-order valence-electron chi connectivity index (χ0n) is 13.7. The summed E-state index contributed by atoms with van der Waals surface area (Å²) in [6, 6.07) is 8.28. The summed E-state index contributed by atoms with van der Waals surface area (Å²) in [4.78, 5) is 17.0. The first kappa shape index (κ1) is 15.5. The molecule has 126 valence electrons. The number of imidazole rings is 1. The fraction of sp³-hybridized carbons (Fsp3) is 0.471. The number of H-pyrrole nitrogens is 1. The lowest BCUT2D eigenvalue weighted by atomic mass is 9.95. The van der Waals surface area contributed by atoms with Gasteiger partial charge in [0.25, 0.3) is 0 Å². The number of aromatic amines is 1. The first-order valence-electron chi connectivity index (χ1n) is 8.51. The van der Waals surface area contributed by atoms with Gasteiger partial charge in [0.1, 0.15) is 0 Å². The fourth-order valence-corrected chi connectivity index (χ4v) is 4.18. The highest BCUT2D eigenvalue weighted by atomic mass is 32.2. The molecule has 1 aliphatic rings. The van der Waals surface area contributed by atoms with E-state index < -0.39 is 0 Å². The highest BCUT2D eigenvalue weighted by Crippen LogP contribution is 2.26. The van der Waals surface area contributed by atoms with Crippen LogP contribution in [0.5, 0.6) is 0 Å². The van der Waals surface area contributed by atoms with E-state index in [1.165, 1.54) is 31.0 Å². The van der Waals surface area contributed by atoms with Crippen LogP contribution in [0.25, 0.3) is 16.8 Å². The molecule has 4 rings (SSSR count). The molecule has 0 radical (unpaired) electrons. The molecule has 6 nitrogen and oxygen atoms in total. The average molecular weight is 343 g/mol. The predicted octanol–water partition coefficient (Wildman–Crippen LogP) is 3.14. The molecular formula is C17H21N5OS. The highest BCUT2D eigenvalue weighted by Gasteiger charge is 2.22. The third-order valence-electron chi connectivity index (χ3n) is 4.61. The summed E-state index contributed by atoms with van der Waals surface area (Å²) in [6.07, 6.45) is 5.92. The van der Waals surface area contributed by atoms with Gasteiger partial charge in [-0.15, -0.1) is 5.10 Å². The molecule has 1 saturated carbocycles. The summed E-state index contributed by atoms with van der Waals surface area (Å²) >= 11 is 1.46. The van der Waals surface area contributed by atoms with Crippen molar-refractivity contribution in [1.82, 2.24) is 24.9 Å². The number of nitrogens with one attached hydrogen (secondary N) is 2. The van der Waals surface area contributed by atoms with Crippen molar-refractivity contribution in [3.05, 3.63) is 24.3 Å². The number of hydrogen-bond donors (Lipinski definition) is 2. The van der Waals surface area contributed by atoms with E-state index in [0.717, 1.165) is 29.0 Å². The summed E-state index contributed by atoms with van der Waals surface area (Å²) in [5.41, 5.74) is 1.93. The standard InChI is InChI=1S/C17H21N5OS/c1-11(15(23)18-12-7-3-2-4-8-12)24-17-21-20-16-19-13-9-5-6-10-14(13)22(16)17/h5-6,9-12H,2-4,7-8H2,1H3,(H,18,23)(H,19,20). The number of benzene rings is 1. The molecule has 0 saturated heterocycles. The minimum atomic E-state index is -0.195. The Morgan fingerprint density at radius 3 is 2.96 bits per heavy atom. The third kappa shape index (κ3) is 2.88. The topological polar surface area (TPSA) is 75.1 Å². The van der Waals surface area contributed by atoms with Crippen LogP contribution in [0.3, 0.4) is 0 Å². The van der Waals surface area contributed by atoms with Crippen LogP contribution in [0.4, 0.5) is 0 Å². The van der Waals surface area contributed by atoms with Gasteiger partial charge in [0.2, 0.25) is 11.7 Å². The van der Waals surface area contributed by atoms with Gasteiger partial charge in [0, 0.05) is 6.04 Å². The lowest BCUT2D eigenvalue weighted by molar-refractivity contribution is -0.121. The van der Waals surface area contributed by atoms with Crippen molar-refractivity contribution in [3.63, 3.8) is 0 Å². The minimum Gasteiger partial charge on any atom is -0.352 e. The number of hydrogen-bond acceptors (Lipinski definition) is 4. The SMILES string of the molecule is CC(Sc1n[nH]c2nc3ccccc3n12)C(=O)NC1CCCCC1. The molecule has 1 atom stereocenters. The van der Waals surface area contributed by atoms with Gasteiger partial charge >= 0.3 is 0 Å². The molecule has 0 bridgehead atoms. The van der Waals surface area contributed by atoms with Crippen molar-refractivity contribution in [2.24, 2.45) is 0 Å². The second-order valence-corrected chi connectivity index (χ2v) is 7.68. The van der Waals surface area contributed by atoms with Gasteiger partial charge in [-0.05, 0) is 31.9 Å². The van der Waals surface area contributed by atoms with E-state index in [4.69, 9.17) is 0 Å². The van der Waals surface area contributed by atoms with Crippen LogP contribution in [0.1, 0.15) is 39.0 Å². The molecule has 3 aromatic rings. The van der Waals surface area contributed by atoms with Gasteiger partial charge in [-0.1, -0.05) is 43.2 Å². The highest BCUT2D eigenvalue weighted by molar-refractivity contribution is 8.00. The number of para-hydroxylation sites is 2. The van der Waals surface area contributed by atoms with Crippen LogP contribution in [0, 0.1) is 0 Å². The zero-order chi connectivity index (χ0) is 16.5. The summed E-state index contributed by atoms with van der Waals surface area (Å²) in [7, 11) is 0. The van der Waals surface area contributed by atoms with Crippen molar-refractivity contribution in [2.75, 3.05) is 0 Å². The lowest BCUT2D eigenvalue weighted by Gasteiger charge is -2.24. The Labute approximate surface area is 144 Å². The number of amides is 1. The average Bonchev–Trinajstić information content (AvgIpc) is 3.15. The van der Waals surface area contributed by atoms with Gasteiger partial charge < -0.3 is 5.32 Å². The molecule has 1 unspecified atom stereocenters. The monoisotopic (exact) mass is 343 g/mol. The smallest absolute Gasteiger partial charge is 0.233 e. The van der Waals surface area contributed by atoms with Crippen molar-refractivity contribution >= 4 is 34.5 Å². The van der Waals surface area contributed by atoms with E-state index in [-0.39, 0.29) is 11.2 Å². The molecule has 2 heterocycles. The first-order valence-corrected chi connectivity index (χ1v) is 9.39. The van der Waals surface area contributed by atoms with Gasteiger partial charge in [0.15, 0.2) is 5.16 Å². The van der Waals surface area contributed by atoms with Crippen LogP contribution >= 0.6 is 11.8 Å². The van der Waals surface area contributed by atoms with Crippen LogP contribution < -0.4 is 5.32 Å². The molecule has 2 aromatic heterocycles. The Balaban J connectivity index is 1.51. The van der Waals surface area contributed by atoms with Gasteiger partial charge in [-0.2, -0.15) is 0 Å². The van der Waals surface area contributed by atoms with Crippen molar-refractivity contribution in [1.29, 1.82) is 0 Å². The quantitative estimate of drug-likeness (QED) is 0.714. The maximum absolute atomic E-state index is 12.5. The maximum atomic E-state index is 12.5. The number of rotatable bonds is 4. The summed E-state index contributed by atoms with van der Waals surface area (Å²) < 4.78 is 1.98. The van der Waals surface area contributed by atoms with Crippen LogP contribution in [-0.4, -0.2) is 36.8 Å². The number of thioether (sulfide) groups is 1. The Bertz CT molecular complexity index is 864. The second-order valence-electron chi connectivity index (χ2n) is 6.37. The third-order valence-corrected chi connectivity index (χ3v) is 5.66. The van der Waals surface area contributed by atoms with Crippen LogP contribution in [-0.2, 0) is 4.79 Å². The summed E-state index contributed by atoms with van der Waals surface area (Å²) in [6.45, 7) is 1.93. The second kappa shape index (κ2) is 6.47. The normalized spacial score (nSPS) is 17.4. The molecule has 1 fully saturated rings. The van der Waals surface area contributed by atoms with E-state index >= 15 is 0 Å². The van der Waals surface area contributed by atoms with E-state index in [2.05, 4.69) is 20.5 Å². The van der Waals surface area contributed by atoms with E-state index in [1.807, 2.05) is 35.6 Å². The lowest BCUT2D eigenvalue weighted by Crippen LogP contribution is -2.40. The number of carbonyl (C=O) groups is 1. The van der Waals surface area contributed by atoms with Gasteiger partial charge in [-0.3, -0.25) is 9.20 Å². The molecular weight excluding hydrogens is 322 g/mol. The Kier molecular flexibility index (Phi) is 4.18. The van der Waals surface area contributed by atoms with Crippen LogP contribution in [0.2, 0.25) is 0 Å². The van der Waals surface area contributed by atoms with Crippen molar-refractivity contribution in [2.45, 2.75) is 55.5 Å². The Hall–Kier alpha value is -2.02. The summed E-state index contributed by atoms with van der Waals surface area (Å²) in [5, 5.41) is 11.0. The Morgan fingerprint density at radius 1 is 1.33 bits per heavy atom.